The van der Waals surface area contributed by atoms with Gasteiger partial charge < -0.3 is 10.2 Å². The first-order valence-electron chi connectivity index (χ1n) is 7.47. The zero-order valence-corrected chi connectivity index (χ0v) is 12.8. The molecule has 4 rings (SSSR count). The van der Waals surface area contributed by atoms with Crippen LogP contribution in [0, 0.1) is 0 Å². The van der Waals surface area contributed by atoms with E-state index in [1.807, 2.05) is 30.3 Å². The summed E-state index contributed by atoms with van der Waals surface area (Å²) in [6, 6.07) is 11.7. The number of halogens is 1. The van der Waals surface area contributed by atoms with Gasteiger partial charge in [-0.2, -0.15) is 0 Å². The molecule has 1 aromatic carbocycles. The van der Waals surface area contributed by atoms with Gasteiger partial charge in [-0.15, -0.1) is 0 Å². The Morgan fingerprint density at radius 1 is 1.14 bits per heavy atom. The van der Waals surface area contributed by atoms with E-state index in [1.54, 1.807) is 6.20 Å². The van der Waals surface area contributed by atoms with Crippen molar-refractivity contribution < 1.29 is 4.79 Å². The van der Waals surface area contributed by atoms with Crippen LogP contribution in [0.1, 0.15) is 18.4 Å². The molecule has 112 valence electrons. The van der Waals surface area contributed by atoms with Crippen molar-refractivity contribution in [2.24, 2.45) is 0 Å². The highest BCUT2D eigenvalue weighted by atomic mass is 35.5. The fourth-order valence-electron chi connectivity index (χ4n) is 3.58. The van der Waals surface area contributed by atoms with Crippen LogP contribution < -0.4 is 10.2 Å². The highest BCUT2D eigenvalue weighted by Gasteiger charge is 2.48. The number of carbonyl (C=O) groups excluding carboxylic acids is 1. The van der Waals surface area contributed by atoms with Crippen molar-refractivity contribution in [3.8, 4) is 0 Å². The van der Waals surface area contributed by atoms with Crippen molar-refractivity contribution in [1.29, 1.82) is 0 Å². The molecule has 0 radical (unpaired) electrons. The van der Waals surface area contributed by atoms with Crippen molar-refractivity contribution >= 4 is 29.0 Å². The Bertz CT molecular complexity index is 738. The molecule has 5 heteroatoms. The second-order valence-electron chi connectivity index (χ2n) is 5.88. The van der Waals surface area contributed by atoms with E-state index in [4.69, 9.17) is 11.6 Å². The third kappa shape index (κ3) is 1.91. The summed E-state index contributed by atoms with van der Waals surface area (Å²) in [4.78, 5) is 19.1. The Hall–Kier alpha value is -2.07. The monoisotopic (exact) mass is 313 g/mol. The normalized spacial score (nSPS) is 19.1. The lowest BCUT2D eigenvalue weighted by molar-refractivity contribution is -0.121. The number of pyridine rings is 1. The molecule has 4 nitrogen and oxygen atoms in total. The lowest BCUT2D eigenvalue weighted by atomic mass is 9.73. The van der Waals surface area contributed by atoms with Crippen molar-refractivity contribution in [3.63, 3.8) is 0 Å². The van der Waals surface area contributed by atoms with Gasteiger partial charge in [0, 0.05) is 25.0 Å². The minimum Gasteiger partial charge on any atom is -0.355 e. The van der Waals surface area contributed by atoms with Gasteiger partial charge in [0.05, 0.1) is 10.4 Å². The van der Waals surface area contributed by atoms with Crippen LogP contribution in [-0.4, -0.2) is 24.0 Å². The molecular formula is C17H16ClN3O. The summed E-state index contributed by atoms with van der Waals surface area (Å²) in [6.45, 7) is 1.55. The largest absolute Gasteiger partial charge is 0.355 e. The number of aromatic nitrogens is 1. The van der Waals surface area contributed by atoms with E-state index in [-0.39, 0.29) is 5.91 Å². The van der Waals surface area contributed by atoms with Gasteiger partial charge in [0.25, 0.3) is 0 Å². The molecule has 1 amide bonds. The smallest absolute Gasteiger partial charge is 0.235 e. The zero-order chi connectivity index (χ0) is 15.2. The third-order valence-corrected chi connectivity index (χ3v) is 5.08. The van der Waals surface area contributed by atoms with Crippen molar-refractivity contribution in [2.45, 2.75) is 18.3 Å². The molecule has 0 bridgehead atoms. The molecule has 2 aliphatic rings. The Morgan fingerprint density at radius 2 is 1.91 bits per heavy atom. The average Bonchev–Trinajstić information content (AvgIpc) is 2.82. The van der Waals surface area contributed by atoms with E-state index in [0.29, 0.717) is 5.02 Å². The highest BCUT2D eigenvalue weighted by Crippen LogP contribution is 2.45. The Kier molecular flexibility index (Phi) is 3.08. The number of nitrogens with zero attached hydrogens (tertiary/aromatic N) is 2. The first-order chi connectivity index (χ1) is 10.7. The van der Waals surface area contributed by atoms with E-state index < -0.39 is 5.41 Å². The molecule has 2 aliphatic heterocycles. The van der Waals surface area contributed by atoms with Crippen LogP contribution in [0.5, 0.6) is 0 Å². The topological polar surface area (TPSA) is 45.2 Å². The van der Waals surface area contributed by atoms with Crippen LogP contribution in [0.25, 0.3) is 0 Å². The molecule has 1 aromatic heterocycles. The highest BCUT2D eigenvalue weighted by molar-refractivity contribution is 6.32. The van der Waals surface area contributed by atoms with E-state index in [0.717, 1.165) is 43.0 Å². The van der Waals surface area contributed by atoms with Gasteiger partial charge in [0.1, 0.15) is 5.82 Å². The molecule has 0 unspecified atom stereocenters. The molecule has 0 aliphatic carbocycles. The molecule has 1 spiro atoms. The van der Waals surface area contributed by atoms with Crippen LogP contribution in [0.2, 0.25) is 5.02 Å². The quantitative estimate of drug-likeness (QED) is 0.879. The number of benzene rings is 1. The molecule has 0 atom stereocenters. The maximum atomic E-state index is 12.5. The van der Waals surface area contributed by atoms with E-state index in [1.165, 1.54) is 0 Å². The Balaban J connectivity index is 1.62. The summed E-state index contributed by atoms with van der Waals surface area (Å²) in [7, 11) is 0. The van der Waals surface area contributed by atoms with Crippen molar-refractivity contribution in [1.82, 2.24) is 4.98 Å². The van der Waals surface area contributed by atoms with Crippen LogP contribution in [0.3, 0.4) is 0 Å². The van der Waals surface area contributed by atoms with E-state index >= 15 is 0 Å². The number of hydrogen-bond acceptors (Lipinski definition) is 3. The molecule has 1 saturated heterocycles. The molecule has 1 fully saturated rings. The third-order valence-electron chi connectivity index (χ3n) is 4.78. The maximum absolute atomic E-state index is 12.5. The van der Waals surface area contributed by atoms with Crippen molar-refractivity contribution in [2.75, 3.05) is 23.3 Å². The Labute approximate surface area is 134 Å². The van der Waals surface area contributed by atoms with Crippen LogP contribution in [0.15, 0.2) is 42.6 Å². The summed E-state index contributed by atoms with van der Waals surface area (Å²) < 4.78 is 0. The fraction of sp³-hybridized carbons (Fsp3) is 0.294. The second-order valence-corrected chi connectivity index (χ2v) is 6.28. The lowest BCUT2D eigenvalue weighted by Crippen LogP contribution is -2.46. The second kappa shape index (κ2) is 4.99. The molecule has 1 N–H and O–H groups in total. The number of para-hydroxylation sites is 1. The number of carbonyl (C=O) groups is 1. The number of piperidine rings is 1. The molecule has 22 heavy (non-hydrogen) atoms. The SMILES string of the molecule is O=C1Nc2ccccc2C12CCN(c1ncccc1Cl)CC2. The fourth-order valence-corrected chi connectivity index (χ4v) is 3.82. The van der Waals surface area contributed by atoms with Crippen molar-refractivity contribution in [3.05, 3.63) is 53.2 Å². The standard InChI is InChI=1S/C17H16ClN3O/c18-13-5-3-9-19-15(13)21-10-7-17(8-11-21)12-4-1-2-6-14(12)20-16(17)22/h1-6,9H,7-8,10-11H2,(H,20,22). The first kappa shape index (κ1) is 13.6. The zero-order valence-electron chi connectivity index (χ0n) is 12.1. The van der Waals surface area contributed by atoms with Crippen LogP contribution >= 0.6 is 11.6 Å². The van der Waals surface area contributed by atoms with E-state index in [9.17, 15) is 4.79 Å². The van der Waals surface area contributed by atoms with Gasteiger partial charge in [0.2, 0.25) is 5.91 Å². The number of anilines is 2. The summed E-state index contributed by atoms with van der Waals surface area (Å²) in [6.07, 6.45) is 3.31. The number of nitrogens with one attached hydrogen (secondary N) is 1. The van der Waals surface area contributed by atoms with Gasteiger partial charge in [0.15, 0.2) is 0 Å². The summed E-state index contributed by atoms with van der Waals surface area (Å²) >= 11 is 6.24. The first-order valence-corrected chi connectivity index (χ1v) is 7.85. The predicted octanol–water partition coefficient (Wildman–Crippen LogP) is 3.23. The summed E-state index contributed by atoms with van der Waals surface area (Å²) in [5.74, 6) is 0.936. The van der Waals surface area contributed by atoms with Gasteiger partial charge in [-0.1, -0.05) is 29.8 Å². The molecule has 2 aromatic rings. The maximum Gasteiger partial charge on any atom is 0.235 e. The van der Waals surface area contributed by atoms with Crippen LogP contribution in [0.4, 0.5) is 11.5 Å². The minimum absolute atomic E-state index is 0.125. The molecule has 0 saturated carbocycles. The molecular weight excluding hydrogens is 298 g/mol. The predicted molar refractivity (Wildman–Crippen MR) is 87.4 cm³/mol. The van der Waals surface area contributed by atoms with Gasteiger partial charge >= 0.3 is 0 Å². The molecule has 3 heterocycles. The number of fused-ring (bicyclic) bond motifs is 2. The lowest BCUT2D eigenvalue weighted by Gasteiger charge is -2.38. The van der Waals surface area contributed by atoms with Gasteiger partial charge in [-0.05, 0) is 36.6 Å². The van der Waals surface area contributed by atoms with Crippen LogP contribution in [-0.2, 0) is 10.2 Å². The average molecular weight is 314 g/mol. The van der Waals surface area contributed by atoms with Gasteiger partial charge in [-0.25, -0.2) is 4.98 Å². The number of rotatable bonds is 1. The van der Waals surface area contributed by atoms with Gasteiger partial charge in [-0.3, -0.25) is 4.79 Å². The minimum atomic E-state index is -0.394. The van der Waals surface area contributed by atoms with E-state index in [2.05, 4.69) is 21.3 Å². The number of hydrogen-bond donors (Lipinski definition) is 1. The summed E-state index contributed by atoms with van der Waals surface area (Å²) in [5, 5.41) is 3.69. The summed E-state index contributed by atoms with van der Waals surface area (Å²) in [5.41, 5.74) is 1.69. The number of amides is 1. The Morgan fingerprint density at radius 3 is 2.68 bits per heavy atom.